The standard InChI is InChI=1S/C12H13I3O/c1-12(4-2-3-5-12)16-11-9(14)6-8(13)7-10(11)15/h6-7H,2-5H2,1H3. The lowest BCUT2D eigenvalue weighted by molar-refractivity contribution is 0.0945. The van der Waals surface area contributed by atoms with E-state index in [-0.39, 0.29) is 5.60 Å². The van der Waals surface area contributed by atoms with Crippen molar-refractivity contribution in [3.63, 3.8) is 0 Å². The van der Waals surface area contributed by atoms with Crippen LogP contribution >= 0.6 is 67.8 Å². The maximum Gasteiger partial charge on any atom is 0.146 e. The second-order valence-electron chi connectivity index (χ2n) is 4.46. The molecular weight excluding hydrogens is 541 g/mol. The summed E-state index contributed by atoms with van der Waals surface area (Å²) in [6, 6.07) is 4.36. The van der Waals surface area contributed by atoms with Crippen molar-refractivity contribution in [1.29, 1.82) is 0 Å². The van der Waals surface area contributed by atoms with E-state index in [0.717, 1.165) is 5.75 Å². The molecular formula is C12H13I3O. The van der Waals surface area contributed by atoms with Crippen molar-refractivity contribution in [1.82, 2.24) is 0 Å². The Morgan fingerprint density at radius 1 is 1.06 bits per heavy atom. The fourth-order valence-electron chi connectivity index (χ4n) is 2.10. The zero-order valence-electron chi connectivity index (χ0n) is 9.03. The van der Waals surface area contributed by atoms with Gasteiger partial charge < -0.3 is 4.74 Å². The maximum atomic E-state index is 6.26. The second-order valence-corrected chi connectivity index (χ2v) is 8.03. The lowest BCUT2D eigenvalue weighted by Gasteiger charge is -2.27. The van der Waals surface area contributed by atoms with Crippen LogP contribution in [-0.2, 0) is 0 Å². The fraction of sp³-hybridized carbons (Fsp3) is 0.500. The van der Waals surface area contributed by atoms with Gasteiger partial charge in [-0.3, -0.25) is 0 Å². The Kier molecular flexibility index (Phi) is 4.65. The quantitative estimate of drug-likeness (QED) is 0.457. The molecule has 1 aromatic carbocycles. The van der Waals surface area contributed by atoms with E-state index in [1.54, 1.807) is 0 Å². The molecule has 2 rings (SSSR count). The summed E-state index contributed by atoms with van der Waals surface area (Å²) < 4.78 is 9.98. The van der Waals surface area contributed by atoms with Crippen LogP contribution in [0.2, 0.25) is 0 Å². The Morgan fingerprint density at radius 3 is 2.06 bits per heavy atom. The SMILES string of the molecule is CC1(Oc2c(I)cc(I)cc2I)CCCC1. The average Bonchev–Trinajstić information content (AvgIpc) is 2.59. The van der Waals surface area contributed by atoms with Gasteiger partial charge in [0.1, 0.15) is 11.4 Å². The molecule has 88 valence electrons. The van der Waals surface area contributed by atoms with E-state index >= 15 is 0 Å². The van der Waals surface area contributed by atoms with E-state index in [0.29, 0.717) is 0 Å². The Balaban J connectivity index is 2.27. The van der Waals surface area contributed by atoms with Crippen LogP contribution < -0.4 is 4.74 Å². The predicted octanol–water partition coefficient (Wildman–Crippen LogP) is 5.21. The van der Waals surface area contributed by atoms with Crippen molar-refractivity contribution in [3.8, 4) is 5.75 Å². The molecule has 1 saturated carbocycles. The summed E-state index contributed by atoms with van der Waals surface area (Å²) in [7, 11) is 0. The molecule has 0 aliphatic heterocycles. The summed E-state index contributed by atoms with van der Waals surface area (Å²) in [5, 5.41) is 0. The van der Waals surface area contributed by atoms with E-state index in [9.17, 15) is 0 Å². The number of hydrogen-bond donors (Lipinski definition) is 0. The number of benzene rings is 1. The molecule has 0 saturated heterocycles. The molecule has 0 spiro atoms. The number of halogens is 3. The molecule has 1 aromatic rings. The summed E-state index contributed by atoms with van der Waals surface area (Å²) >= 11 is 7.09. The molecule has 16 heavy (non-hydrogen) atoms. The van der Waals surface area contributed by atoms with Crippen molar-refractivity contribution in [2.75, 3.05) is 0 Å². The van der Waals surface area contributed by atoms with Crippen molar-refractivity contribution >= 4 is 67.8 Å². The molecule has 0 amide bonds. The van der Waals surface area contributed by atoms with Crippen LogP contribution in [-0.4, -0.2) is 5.60 Å². The Labute approximate surface area is 138 Å². The summed E-state index contributed by atoms with van der Waals surface area (Å²) in [4.78, 5) is 0. The van der Waals surface area contributed by atoms with Gasteiger partial charge in [-0.2, -0.15) is 0 Å². The van der Waals surface area contributed by atoms with Crippen molar-refractivity contribution in [2.24, 2.45) is 0 Å². The second kappa shape index (κ2) is 5.46. The first-order valence-corrected chi connectivity index (χ1v) is 8.57. The Morgan fingerprint density at radius 2 is 1.56 bits per heavy atom. The Bertz CT molecular complexity index is 374. The van der Waals surface area contributed by atoms with E-state index < -0.39 is 0 Å². The summed E-state index contributed by atoms with van der Waals surface area (Å²) in [5.74, 6) is 1.08. The highest BCUT2D eigenvalue weighted by molar-refractivity contribution is 14.1. The van der Waals surface area contributed by atoms with E-state index in [2.05, 4.69) is 86.8 Å². The molecule has 0 unspecified atom stereocenters. The molecule has 0 atom stereocenters. The molecule has 1 aliphatic carbocycles. The zero-order valence-corrected chi connectivity index (χ0v) is 15.5. The summed E-state index contributed by atoms with van der Waals surface area (Å²) in [6.45, 7) is 2.24. The molecule has 1 aliphatic rings. The number of ether oxygens (including phenoxy) is 1. The molecule has 0 radical (unpaired) electrons. The molecule has 1 nitrogen and oxygen atoms in total. The lowest BCUT2D eigenvalue weighted by atomic mass is 10.1. The summed E-state index contributed by atoms with van der Waals surface area (Å²) in [5.41, 5.74) is 0.0621. The monoisotopic (exact) mass is 554 g/mol. The highest BCUT2D eigenvalue weighted by atomic mass is 127. The van der Waals surface area contributed by atoms with E-state index in [1.165, 1.54) is 36.4 Å². The van der Waals surface area contributed by atoms with Gasteiger partial charge in [0.25, 0.3) is 0 Å². The van der Waals surface area contributed by atoms with Crippen LogP contribution in [0.5, 0.6) is 5.75 Å². The van der Waals surface area contributed by atoms with Crippen molar-refractivity contribution in [2.45, 2.75) is 38.2 Å². The van der Waals surface area contributed by atoms with Gasteiger partial charge in [-0.25, -0.2) is 0 Å². The van der Waals surface area contributed by atoms with E-state index in [1.807, 2.05) is 0 Å². The van der Waals surface area contributed by atoms with Crippen LogP contribution in [0.3, 0.4) is 0 Å². The van der Waals surface area contributed by atoms with E-state index in [4.69, 9.17) is 4.74 Å². The van der Waals surface area contributed by atoms with Gasteiger partial charge in [0, 0.05) is 3.57 Å². The summed E-state index contributed by atoms with van der Waals surface area (Å²) in [6.07, 6.45) is 4.97. The zero-order chi connectivity index (χ0) is 11.8. The average molecular weight is 554 g/mol. The van der Waals surface area contributed by atoms with Gasteiger partial charge in [-0.1, -0.05) is 0 Å². The van der Waals surface area contributed by atoms with Gasteiger partial charge in [0.05, 0.1) is 7.14 Å². The van der Waals surface area contributed by atoms with Gasteiger partial charge in [0.15, 0.2) is 0 Å². The van der Waals surface area contributed by atoms with Crippen molar-refractivity contribution < 1.29 is 4.74 Å². The third kappa shape index (κ3) is 3.15. The minimum atomic E-state index is 0.0621. The fourth-order valence-corrected chi connectivity index (χ4v) is 5.90. The molecule has 0 bridgehead atoms. The minimum absolute atomic E-state index is 0.0621. The molecule has 4 heteroatoms. The smallest absolute Gasteiger partial charge is 0.146 e. The lowest BCUT2D eigenvalue weighted by Crippen LogP contribution is -2.28. The van der Waals surface area contributed by atoms with Crippen LogP contribution in [0.1, 0.15) is 32.6 Å². The molecule has 1 fully saturated rings. The van der Waals surface area contributed by atoms with Gasteiger partial charge in [0.2, 0.25) is 0 Å². The predicted molar refractivity (Wildman–Crippen MR) is 92.1 cm³/mol. The Hall–Kier alpha value is 1.21. The first kappa shape index (κ1) is 13.6. The highest BCUT2D eigenvalue weighted by Crippen LogP contribution is 2.38. The van der Waals surface area contributed by atoms with Crippen LogP contribution in [0.15, 0.2) is 12.1 Å². The normalized spacial score (nSPS) is 18.8. The molecule has 0 N–H and O–H groups in total. The largest absolute Gasteiger partial charge is 0.485 e. The maximum absolute atomic E-state index is 6.26. The topological polar surface area (TPSA) is 9.23 Å². The van der Waals surface area contributed by atoms with Gasteiger partial charge >= 0.3 is 0 Å². The minimum Gasteiger partial charge on any atom is -0.485 e. The first-order chi connectivity index (χ1) is 7.50. The van der Waals surface area contributed by atoms with Crippen molar-refractivity contribution in [3.05, 3.63) is 22.8 Å². The van der Waals surface area contributed by atoms with Crippen LogP contribution in [0.4, 0.5) is 0 Å². The molecule has 0 heterocycles. The third-order valence-corrected chi connectivity index (χ3v) is 5.20. The van der Waals surface area contributed by atoms with Crippen LogP contribution in [0, 0.1) is 10.7 Å². The first-order valence-electron chi connectivity index (χ1n) is 5.34. The third-order valence-electron chi connectivity index (χ3n) is 2.97. The van der Waals surface area contributed by atoms with Crippen LogP contribution in [0.25, 0.3) is 0 Å². The highest BCUT2D eigenvalue weighted by Gasteiger charge is 2.31. The number of rotatable bonds is 2. The molecule has 0 aromatic heterocycles. The number of hydrogen-bond acceptors (Lipinski definition) is 1. The van der Waals surface area contributed by atoms with Gasteiger partial charge in [-0.05, 0) is 113 Å². The van der Waals surface area contributed by atoms with Gasteiger partial charge in [-0.15, -0.1) is 0 Å².